The summed E-state index contributed by atoms with van der Waals surface area (Å²) in [5, 5.41) is 4.89. The molecule has 2 unspecified atom stereocenters. The van der Waals surface area contributed by atoms with Crippen LogP contribution in [0.25, 0.3) is 0 Å². The number of thiophene rings is 1. The van der Waals surface area contributed by atoms with Gasteiger partial charge in [-0.25, -0.2) is 0 Å². The van der Waals surface area contributed by atoms with E-state index in [1.807, 2.05) is 33.1 Å². The Kier molecular flexibility index (Phi) is 4.48. The van der Waals surface area contributed by atoms with Crippen molar-refractivity contribution in [3.63, 3.8) is 0 Å². The van der Waals surface area contributed by atoms with E-state index >= 15 is 0 Å². The third-order valence-corrected chi connectivity index (χ3v) is 4.87. The molecule has 0 saturated carbocycles. The van der Waals surface area contributed by atoms with Crippen LogP contribution in [-0.2, 0) is 16.1 Å². The number of amides is 2. The van der Waals surface area contributed by atoms with Gasteiger partial charge in [-0.1, -0.05) is 20.8 Å². The van der Waals surface area contributed by atoms with Crippen LogP contribution in [0.4, 0.5) is 0 Å². The fourth-order valence-electron chi connectivity index (χ4n) is 2.55. The molecular formula is C15H22N2O2S. The number of rotatable bonds is 4. The number of carbonyl (C=O) groups is 2. The Bertz CT molecular complexity index is 510. The van der Waals surface area contributed by atoms with Crippen LogP contribution in [0.1, 0.15) is 37.6 Å². The van der Waals surface area contributed by atoms with Crippen molar-refractivity contribution < 1.29 is 9.59 Å². The van der Waals surface area contributed by atoms with E-state index in [-0.39, 0.29) is 23.8 Å². The Morgan fingerprint density at radius 2 is 2.10 bits per heavy atom. The van der Waals surface area contributed by atoms with E-state index in [2.05, 4.69) is 11.4 Å². The first-order chi connectivity index (χ1) is 9.45. The average Bonchev–Trinajstić information content (AvgIpc) is 2.79. The highest BCUT2D eigenvalue weighted by atomic mass is 32.1. The van der Waals surface area contributed by atoms with E-state index in [0.29, 0.717) is 13.0 Å². The summed E-state index contributed by atoms with van der Waals surface area (Å²) in [5.74, 6) is 0.121. The minimum atomic E-state index is -0.398. The van der Waals surface area contributed by atoms with Gasteiger partial charge in [0, 0.05) is 4.88 Å². The van der Waals surface area contributed by atoms with E-state index < -0.39 is 6.04 Å². The van der Waals surface area contributed by atoms with Gasteiger partial charge in [0.1, 0.15) is 12.1 Å². The summed E-state index contributed by atoms with van der Waals surface area (Å²) in [6.45, 7) is 8.45. The summed E-state index contributed by atoms with van der Waals surface area (Å²) < 4.78 is 0. The summed E-state index contributed by atoms with van der Waals surface area (Å²) in [7, 11) is 0. The van der Waals surface area contributed by atoms with Crippen molar-refractivity contribution in [2.45, 2.75) is 52.7 Å². The first kappa shape index (κ1) is 15.0. The number of carbonyl (C=O) groups excluding carboxylic acids is 2. The van der Waals surface area contributed by atoms with Crippen LogP contribution in [0.3, 0.4) is 0 Å². The minimum Gasteiger partial charge on any atom is -0.342 e. The highest BCUT2D eigenvalue weighted by Gasteiger charge is 2.40. The van der Waals surface area contributed by atoms with Gasteiger partial charge in [-0.05, 0) is 36.3 Å². The fraction of sp³-hybridized carbons (Fsp3) is 0.600. The number of nitrogens with zero attached hydrogens (tertiary/aromatic N) is 1. The molecule has 0 aliphatic carbocycles. The second kappa shape index (κ2) is 5.95. The molecule has 0 spiro atoms. The smallest absolute Gasteiger partial charge is 0.246 e. The van der Waals surface area contributed by atoms with Crippen LogP contribution in [0.2, 0.25) is 0 Å². The number of piperazine rings is 1. The molecule has 110 valence electrons. The maximum absolute atomic E-state index is 12.6. The van der Waals surface area contributed by atoms with Gasteiger partial charge in [0.25, 0.3) is 0 Å². The van der Waals surface area contributed by atoms with E-state index in [1.54, 1.807) is 16.2 Å². The van der Waals surface area contributed by atoms with E-state index in [1.165, 1.54) is 5.56 Å². The van der Waals surface area contributed by atoms with Crippen LogP contribution < -0.4 is 5.32 Å². The van der Waals surface area contributed by atoms with Crippen molar-refractivity contribution in [1.29, 1.82) is 0 Å². The maximum atomic E-state index is 12.6. The summed E-state index contributed by atoms with van der Waals surface area (Å²) in [6.07, 6.45) is 0.646. The monoisotopic (exact) mass is 294 g/mol. The molecule has 1 saturated heterocycles. The topological polar surface area (TPSA) is 49.4 Å². The van der Waals surface area contributed by atoms with Crippen LogP contribution >= 0.6 is 11.3 Å². The summed E-state index contributed by atoms with van der Waals surface area (Å²) in [5.41, 5.74) is 1.18. The number of aryl methyl sites for hydroxylation is 1. The van der Waals surface area contributed by atoms with Crippen molar-refractivity contribution in [2.75, 3.05) is 0 Å². The van der Waals surface area contributed by atoms with Crippen LogP contribution in [0.15, 0.2) is 11.4 Å². The van der Waals surface area contributed by atoms with Gasteiger partial charge < -0.3 is 10.2 Å². The lowest BCUT2D eigenvalue weighted by molar-refractivity contribution is -0.151. The van der Waals surface area contributed by atoms with Crippen LogP contribution in [0, 0.1) is 12.8 Å². The molecular weight excluding hydrogens is 272 g/mol. The molecule has 4 nitrogen and oxygen atoms in total. The summed E-state index contributed by atoms with van der Waals surface area (Å²) in [6, 6.07) is 1.31. The van der Waals surface area contributed by atoms with Gasteiger partial charge in [-0.3, -0.25) is 9.59 Å². The first-order valence-corrected chi connectivity index (χ1v) is 7.97. The standard InChI is InChI=1S/C15H22N2O2S/c1-5-11-14(18)16-13(9(2)3)15(19)17(11)8-12-10(4)6-7-20-12/h6-7,9,11,13H,5,8H2,1-4H3,(H,16,18). The molecule has 0 bridgehead atoms. The Balaban J connectivity index is 2.27. The molecule has 1 aromatic heterocycles. The quantitative estimate of drug-likeness (QED) is 0.926. The Labute approximate surface area is 124 Å². The predicted molar refractivity (Wildman–Crippen MR) is 80.5 cm³/mol. The van der Waals surface area contributed by atoms with Gasteiger partial charge >= 0.3 is 0 Å². The molecule has 1 fully saturated rings. The highest BCUT2D eigenvalue weighted by Crippen LogP contribution is 2.24. The number of hydrogen-bond acceptors (Lipinski definition) is 3. The number of nitrogens with one attached hydrogen (secondary N) is 1. The van der Waals surface area contributed by atoms with Crippen molar-refractivity contribution in [3.05, 3.63) is 21.9 Å². The van der Waals surface area contributed by atoms with Crippen molar-refractivity contribution in [1.82, 2.24) is 10.2 Å². The van der Waals surface area contributed by atoms with Crippen molar-refractivity contribution in [2.24, 2.45) is 5.92 Å². The summed E-state index contributed by atoms with van der Waals surface area (Å²) >= 11 is 1.64. The summed E-state index contributed by atoms with van der Waals surface area (Å²) in [4.78, 5) is 27.8. The third-order valence-electron chi connectivity index (χ3n) is 3.86. The maximum Gasteiger partial charge on any atom is 0.246 e. The van der Waals surface area contributed by atoms with E-state index in [0.717, 1.165) is 4.88 Å². The normalized spacial score (nSPS) is 23.4. The zero-order chi connectivity index (χ0) is 14.9. The molecule has 2 amide bonds. The van der Waals surface area contributed by atoms with Gasteiger partial charge in [-0.15, -0.1) is 11.3 Å². The average molecular weight is 294 g/mol. The molecule has 1 aliphatic rings. The van der Waals surface area contributed by atoms with Gasteiger partial charge in [0.05, 0.1) is 6.54 Å². The molecule has 0 radical (unpaired) electrons. The largest absolute Gasteiger partial charge is 0.342 e. The first-order valence-electron chi connectivity index (χ1n) is 7.09. The molecule has 0 aromatic carbocycles. The minimum absolute atomic E-state index is 0.0278. The zero-order valence-electron chi connectivity index (χ0n) is 12.5. The Morgan fingerprint density at radius 1 is 1.40 bits per heavy atom. The lowest BCUT2D eigenvalue weighted by atomic mass is 9.97. The molecule has 2 atom stereocenters. The van der Waals surface area contributed by atoms with Gasteiger partial charge in [0.15, 0.2) is 0 Å². The van der Waals surface area contributed by atoms with Gasteiger partial charge in [0.2, 0.25) is 11.8 Å². The SMILES string of the molecule is CCC1C(=O)NC(C(C)C)C(=O)N1Cc1sccc1C. The third kappa shape index (κ3) is 2.73. The lowest BCUT2D eigenvalue weighted by Gasteiger charge is -2.40. The molecule has 2 rings (SSSR count). The molecule has 5 heteroatoms. The highest BCUT2D eigenvalue weighted by molar-refractivity contribution is 7.10. The van der Waals surface area contributed by atoms with Crippen LogP contribution in [0.5, 0.6) is 0 Å². The van der Waals surface area contributed by atoms with E-state index in [4.69, 9.17) is 0 Å². The second-order valence-corrected chi connectivity index (χ2v) is 6.65. The van der Waals surface area contributed by atoms with Crippen molar-refractivity contribution >= 4 is 23.2 Å². The van der Waals surface area contributed by atoms with E-state index in [9.17, 15) is 9.59 Å². The molecule has 2 heterocycles. The molecule has 1 aliphatic heterocycles. The fourth-order valence-corrected chi connectivity index (χ4v) is 3.46. The zero-order valence-corrected chi connectivity index (χ0v) is 13.3. The Morgan fingerprint density at radius 3 is 2.60 bits per heavy atom. The van der Waals surface area contributed by atoms with Gasteiger partial charge in [-0.2, -0.15) is 0 Å². The van der Waals surface area contributed by atoms with Crippen LogP contribution in [-0.4, -0.2) is 28.8 Å². The molecule has 1 N–H and O–H groups in total. The predicted octanol–water partition coefficient (Wildman–Crippen LogP) is 2.32. The molecule has 1 aromatic rings. The number of hydrogen-bond donors (Lipinski definition) is 1. The van der Waals surface area contributed by atoms with Crippen molar-refractivity contribution in [3.8, 4) is 0 Å². The second-order valence-electron chi connectivity index (χ2n) is 5.65. The lowest BCUT2D eigenvalue weighted by Crippen LogP contribution is -2.64. The Hall–Kier alpha value is -1.36. The molecule has 20 heavy (non-hydrogen) atoms.